The zero-order chi connectivity index (χ0) is 11.1. The van der Waals surface area contributed by atoms with Gasteiger partial charge in [0.1, 0.15) is 12.0 Å². The number of aldehydes is 1. The van der Waals surface area contributed by atoms with Crippen LogP contribution in [0.4, 0.5) is 0 Å². The van der Waals surface area contributed by atoms with Gasteiger partial charge in [0.15, 0.2) is 0 Å². The number of unbranched alkanes of at least 4 members (excludes halogenated alkanes) is 1. The molecule has 0 N–H and O–H groups in total. The lowest BCUT2D eigenvalue weighted by Gasteiger charge is -2.07. The van der Waals surface area contributed by atoms with E-state index in [4.69, 9.17) is 4.74 Å². The van der Waals surface area contributed by atoms with Crippen molar-refractivity contribution in [3.63, 3.8) is 0 Å². The quantitative estimate of drug-likeness (QED) is 0.448. The minimum atomic E-state index is 0.639. The zero-order valence-corrected chi connectivity index (χ0v) is 10.00. The summed E-state index contributed by atoms with van der Waals surface area (Å²) in [6.07, 6.45) is 4.58. The number of hydrogen-bond donors (Lipinski definition) is 0. The van der Waals surface area contributed by atoms with E-state index in [1.165, 1.54) is 0 Å². The van der Waals surface area contributed by atoms with E-state index in [1.807, 2.05) is 6.08 Å². The van der Waals surface area contributed by atoms with Crippen LogP contribution in [0.5, 0.6) is 5.75 Å². The normalized spacial score (nSPS) is 9.67. The molecule has 0 unspecified atom stereocenters. The van der Waals surface area contributed by atoms with E-state index >= 15 is 0 Å². The van der Waals surface area contributed by atoms with Crippen molar-refractivity contribution in [1.82, 2.24) is 0 Å². The molecule has 0 saturated carbocycles. The highest BCUT2D eigenvalue weighted by atomic mass is 79.9. The summed E-state index contributed by atoms with van der Waals surface area (Å²) < 4.78 is 6.34. The van der Waals surface area contributed by atoms with Crippen LogP contribution in [0.1, 0.15) is 23.2 Å². The Morgan fingerprint density at radius 1 is 1.47 bits per heavy atom. The summed E-state index contributed by atoms with van der Waals surface area (Å²) in [7, 11) is 0. The van der Waals surface area contributed by atoms with Crippen LogP contribution in [-0.4, -0.2) is 12.9 Å². The SMILES string of the molecule is C=CCCCOc1ccc(C=O)cc1Br. The van der Waals surface area contributed by atoms with Crippen molar-refractivity contribution in [2.24, 2.45) is 0 Å². The molecule has 0 bridgehead atoms. The molecule has 0 aliphatic carbocycles. The van der Waals surface area contributed by atoms with Crippen molar-refractivity contribution in [2.75, 3.05) is 6.61 Å². The number of carbonyl (C=O) groups is 1. The molecule has 0 radical (unpaired) electrons. The summed E-state index contributed by atoms with van der Waals surface area (Å²) in [6.45, 7) is 4.30. The molecule has 80 valence electrons. The Morgan fingerprint density at radius 2 is 2.27 bits per heavy atom. The van der Waals surface area contributed by atoms with Crippen LogP contribution < -0.4 is 4.74 Å². The lowest BCUT2D eigenvalue weighted by atomic mass is 10.2. The minimum Gasteiger partial charge on any atom is -0.492 e. The van der Waals surface area contributed by atoms with Gasteiger partial charge in [-0.25, -0.2) is 0 Å². The molecule has 0 atom stereocenters. The minimum absolute atomic E-state index is 0.639. The van der Waals surface area contributed by atoms with Crippen LogP contribution >= 0.6 is 15.9 Å². The maximum atomic E-state index is 10.5. The fourth-order valence-electron chi connectivity index (χ4n) is 1.12. The lowest BCUT2D eigenvalue weighted by Crippen LogP contribution is -1.97. The van der Waals surface area contributed by atoms with Crippen LogP contribution in [-0.2, 0) is 0 Å². The third-order valence-corrected chi connectivity index (χ3v) is 2.52. The van der Waals surface area contributed by atoms with Crippen molar-refractivity contribution < 1.29 is 9.53 Å². The predicted octanol–water partition coefficient (Wildman–Crippen LogP) is 3.61. The van der Waals surface area contributed by atoms with Crippen LogP contribution in [0, 0.1) is 0 Å². The van der Waals surface area contributed by atoms with Gasteiger partial charge in [-0.05, 0) is 47.0 Å². The van der Waals surface area contributed by atoms with Crippen LogP contribution in [0.15, 0.2) is 35.3 Å². The average molecular weight is 269 g/mol. The summed E-state index contributed by atoms with van der Waals surface area (Å²) in [5.41, 5.74) is 0.639. The van der Waals surface area contributed by atoms with Gasteiger partial charge in [0.25, 0.3) is 0 Å². The van der Waals surface area contributed by atoms with Crippen molar-refractivity contribution >= 4 is 22.2 Å². The van der Waals surface area contributed by atoms with Crippen molar-refractivity contribution in [3.05, 3.63) is 40.9 Å². The van der Waals surface area contributed by atoms with Gasteiger partial charge in [-0.15, -0.1) is 6.58 Å². The zero-order valence-electron chi connectivity index (χ0n) is 8.41. The third-order valence-electron chi connectivity index (χ3n) is 1.90. The second-order valence-corrected chi connectivity index (χ2v) is 3.94. The van der Waals surface area contributed by atoms with Gasteiger partial charge < -0.3 is 4.74 Å². The second kappa shape index (κ2) is 6.40. The van der Waals surface area contributed by atoms with E-state index in [1.54, 1.807) is 18.2 Å². The average Bonchev–Trinajstić information content (AvgIpc) is 2.26. The van der Waals surface area contributed by atoms with Gasteiger partial charge in [0.05, 0.1) is 11.1 Å². The number of carbonyl (C=O) groups excluding carboxylic acids is 1. The van der Waals surface area contributed by atoms with E-state index in [2.05, 4.69) is 22.5 Å². The molecule has 0 aromatic heterocycles. The molecular formula is C12H13BrO2. The first-order chi connectivity index (χ1) is 7.27. The summed E-state index contributed by atoms with van der Waals surface area (Å²) in [5.74, 6) is 0.768. The molecule has 0 heterocycles. The van der Waals surface area contributed by atoms with Gasteiger partial charge in [-0.3, -0.25) is 4.79 Å². The van der Waals surface area contributed by atoms with Gasteiger partial charge in [0.2, 0.25) is 0 Å². The van der Waals surface area contributed by atoms with Crippen LogP contribution in [0.3, 0.4) is 0 Å². The number of allylic oxidation sites excluding steroid dienone is 1. The second-order valence-electron chi connectivity index (χ2n) is 3.09. The van der Waals surface area contributed by atoms with Crippen molar-refractivity contribution in [2.45, 2.75) is 12.8 Å². The summed E-state index contributed by atoms with van der Waals surface area (Å²) in [4.78, 5) is 10.5. The number of hydrogen-bond acceptors (Lipinski definition) is 2. The van der Waals surface area contributed by atoms with Gasteiger partial charge >= 0.3 is 0 Å². The smallest absolute Gasteiger partial charge is 0.150 e. The van der Waals surface area contributed by atoms with Gasteiger partial charge in [-0.2, -0.15) is 0 Å². The molecule has 0 saturated heterocycles. The Kier molecular flexibility index (Phi) is 5.12. The number of halogens is 1. The lowest BCUT2D eigenvalue weighted by molar-refractivity contribution is 0.112. The molecule has 0 aliphatic rings. The third kappa shape index (κ3) is 3.88. The Hall–Kier alpha value is -1.09. The molecule has 15 heavy (non-hydrogen) atoms. The Bertz CT molecular complexity index is 347. The molecule has 0 fully saturated rings. The standard InChI is InChI=1S/C12H13BrO2/c1-2-3-4-7-15-12-6-5-10(9-14)8-11(12)13/h2,5-6,8-9H,1,3-4,7H2. The van der Waals surface area contributed by atoms with Crippen LogP contribution in [0.25, 0.3) is 0 Å². The molecule has 1 aromatic carbocycles. The van der Waals surface area contributed by atoms with Crippen molar-refractivity contribution in [3.8, 4) is 5.75 Å². The van der Waals surface area contributed by atoms with Crippen LogP contribution in [0.2, 0.25) is 0 Å². The highest BCUT2D eigenvalue weighted by Crippen LogP contribution is 2.25. The molecule has 0 amide bonds. The van der Waals surface area contributed by atoms with Gasteiger partial charge in [0, 0.05) is 5.56 Å². The topological polar surface area (TPSA) is 26.3 Å². The van der Waals surface area contributed by atoms with E-state index in [0.29, 0.717) is 12.2 Å². The Morgan fingerprint density at radius 3 is 2.87 bits per heavy atom. The summed E-state index contributed by atoms with van der Waals surface area (Å²) >= 11 is 3.35. The van der Waals surface area contributed by atoms with Crippen molar-refractivity contribution in [1.29, 1.82) is 0 Å². The first-order valence-corrected chi connectivity index (χ1v) is 5.55. The number of benzene rings is 1. The predicted molar refractivity (Wildman–Crippen MR) is 64.5 cm³/mol. The van der Waals surface area contributed by atoms with Gasteiger partial charge in [-0.1, -0.05) is 6.08 Å². The fraction of sp³-hybridized carbons (Fsp3) is 0.250. The molecule has 0 spiro atoms. The maximum Gasteiger partial charge on any atom is 0.150 e. The molecule has 1 rings (SSSR count). The molecule has 1 aromatic rings. The molecular weight excluding hydrogens is 256 g/mol. The summed E-state index contributed by atoms with van der Waals surface area (Å²) in [6, 6.07) is 5.28. The number of ether oxygens (including phenoxy) is 1. The number of rotatable bonds is 6. The highest BCUT2D eigenvalue weighted by molar-refractivity contribution is 9.10. The molecule has 3 heteroatoms. The highest BCUT2D eigenvalue weighted by Gasteiger charge is 2.01. The maximum absolute atomic E-state index is 10.5. The first kappa shape index (κ1) is 12.0. The summed E-state index contributed by atoms with van der Waals surface area (Å²) in [5, 5.41) is 0. The van der Waals surface area contributed by atoms with E-state index in [0.717, 1.165) is 29.4 Å². The Balaban J connectivity index is 2.54. The molecule has 0 aliphatic heterocycles. The Labute approximate surface area is 98.1 Å². The first-order valence-electron chi connectivity index (χ1n) is 4.76. The van der Waals surface area contributed by atoms with E-state index < -0.39 is 0 Å². The fourth-order valence-corrected chi connectivity index (χ4v) is 1.63. The molecule has 2 nitrogen and oxygen atoms in total. The van der Waals surface area contributed by atoms with E-state index in [9.17, 15) is 4.79 Å². The monoisotopic (exact) mass is 268 g/mol. The van der Waals surface area contributed by atoms with E-state index in [-0.39, 0.29) is 0 Å². The largest absolute Gasteiger partial charge is 0.492 e.